The number of nitrogen functional groups attached to an aromatic ring is 1. The lowest BCUT2D eigenvalue weighted by atomic mass is 10.2. The first-order chi connectivity index (χ1) is 6.74. The van der Waals surface area contributed by atoms with Crippen LogP contribution < -0.4 is 10.5 Å². The first-order valence-corrected chi connectivity index (χ1v) is 4.97. The van der Waals surface area contributed by atoms with E-state index in [0.717, 1.165) is 12.8 Å². The third-order valence-electron chi connectivity index (χ3n) is 2.50. The second-order valence-corrected chi connectivity index (χ2v) is 3.74. The van der Waals surface area contributed by atoms with Crippen LogP contribution in [-0.4, -0.2) is 6.10 Å². The summed E-state index contributed by atoms with van der Waals surface area (Å²) >= 11 is 0. The van der Waals surface area contributed by atoms with Gasteiger partial charge in [-0.05, 0) is 31.7 Å². The zero-order valence-electron chi connectivity index (χ0n) is 8.00. The number of ether oxygens (including phenoxy) is 1. The van der Waals surface area contributed by atoms with Gasteiger partial charge >= 0.3 is 0 Å². The molecule has 1 fully saturated rings. The molecular weight excluding hydrogens is 181 g/mol. The largest absolute Gasteiger partial charge is 0.490 e. The van der Waals surface area contributed by atoms with Crippen LogP contribution in [0.3, 0.4) is 0 Å². The summed E-state index contributed by atoms with van der Waals surface area (Å²) in [5, 5.41) is 0. The summed E-state index contributed by atoms with van der Waals surface area (Å²) in [5.41, 5.74) is 5.93. The van der Waals surface area contributed by atoms with E-state index in [0.29, 0.717) is 11.4 Å². The van der Waals surface area contributed by atoms with Crippen LogP contribution in [0.25, 0.3) is 0 Å². The molecule has 1 aromatic carbocycles. The van der Waals surface area contributed by atoms with Gasteiger partial charge in [-0.25, -0.2) is 4.39 Å². The van der Waals surface area contributed by atoms with Gasteiger partial charge in [-0.1, -0.05) is 0 Å². The number of rotatable bonds is 2. The van der Waals surface area contributed by atoms with Crippen LogP contribution in [0.4, 0.5) is 10.1 Å². The summed E-state index contributed by atoms with van der Waals surface area (Å²) in [4.78, 5) is 0. The lowest BCUT2D eigenvalue weighted by Gasteiger charge is -2.13. The fourth-order valence-corrected chi connectivity index (χ4v) is 1.85. The highest BCUT2D eigenvalue weighted by molar-refractivity contribution is 5.44. The molecule has 2 N–H and O–H groups in total. The number of anilines is 1. The highest BCUT2D eigenvalue weighted by Crippen LogP contribution is 2.25. The molecular formula is C11H14FNO. The van der Waals surface area contributed by atoms with Crippen LogP contribution in [0.1, 0.15) is 25.7 Å². The van der Waals surface area contributed by atoms with Crippen molar-refractivity contribution in [2.75, 3.05) is 5.73 Å². The minimum absolute atomic E-state index is 0.246. The van der Waals surface area contributed by atoms with Crippen molar-refractivity contribution in [1.82, 2.24) is 0 Å². The zero-order chi connectivity index (χ0) is 9.97. The molecule has 3 heteroatoms. The second-order valence-electron chi connectivity index (χ2n) is 3.74. The maximum Gasteiger partial charge on any atom is 0.128 e. The van der Waals surface area contributed by atoms with Crippen molar-refractivity contribution in [2.45, 2.75) is 31.8 Å². The smallest absolute Gasteiger partial charge is 0.128 e. The molecule has 0 radical (unpaired) electrons. The van der Waals surface area contributed by atoms with Crippen LogP contribution >= 0.6 is 0 Å². The summed E-state index contributed by atoms with van der Waals surface area (Å²) in [6.07, 6.45) is 4.79. The molecule has 0 spiro atoms. The Labute approximate surface area is 82.9 Å². The standard InChI is InChI=1S/C11H14FNO/c12-8-5-9(13)7-11(6-8)14-10-3-1-2-4-10/h5-7,10H,1-4,13H2. The Morgan fingerprint density at radius 2 is 1.93 bits per heavy atom. The van der Waals surface area contributed by atoms with Crippen molar-refractivity contribution in [3.8, 4) is 5.75 Å². The SMILES string of the molecule is Nc1cc(F)cc(OC2CCCC2)c1. The van der Waals surface area contributed by atoms with Gasteiger partial charge in [-0.3, -0.25) is 0 Å². The second kappa shape index (κ2) is 3.86. The van der Waals surface area contributed by atoms with Crippen molar-refractivity contribution in [2.24, 2.45) is 0 Å². The van der Waals surface area contributed by atoms with Gasteiger partial charge in [-0.2, -0.15) is 0 Å². The fraction of sp³-hybridized carbons (Fsp3) is 0.455. The minimum Gasteiger partial charge on any atom is -0.490 e. The molecule has 1 aliphatic carbocycles. The highest BCUT2D eigenvalue weighted by Gasteiger charge is 2.16. The molecule has 0 aliphatic heterocycles. The predicted octanol–water partition coefficient (Wildman–Crippen LogP) is 2.73. The average Bonchev–Trinajstić information content (AvgIpc) is 2.54. The quantitative estimate of drug-likeness (QED) is 0.736. The van der Waals surface area contributed by atoms with Gasteiger partial charge in [0.25, 0.3) is 0 Å². The Kier molecular flexibility index (Phi) is 2.57. The molecule has 0 atom stereocenters. The van der Waals surface area contributed by atoms with Gasteiger partial charge in [0.1, 0.15) is 11.6 Å². The summed E-state index contributed by atoms with van der Waals surface area (Å²) in [7, 11) is 0. The van der Waals surface area contributed by atoms with E-state index in [-0.39, 0.29) is 11.9 Å². The number of nitrogens with two attached hydrogens (primary N) is 1. The van der Waals surface area contributed by atoms with Gasteiger partial charge in [0.05, 0.1) is 6.10 Å². The molecule has 14 heavy (non-hydrogen) atoms. The van der Waals surface area contributed by atoms with Crippen molar-refractivity contribution < 1.29 is 9.13 Å². The molecule has 0 unspecified atom stereocenters. The van der Waals surface area contributed by atoms with Crippen LogP contribution in [0.5, 0.6) is 5.75 Å². The van der Waals surface area contributed by atoms with E-state index in [1.165, 1.54) is 25.0 Å². The first kappa shape index (κ1) is 9.31. The van der Waals surface area contributed by atoms with Crippen molar-refractivity contribution in [3.63, 3.8) is 0 Å². The van der Waals surface area contributed by atoms with Gasteiger partial charge in [0, 0.05) is 17.8 Å². The van der Waals surface area contributed by atoms with Gasteiger partial charge in [-0.15, -0.1) is 0 Å². The van der Waals surface area contributed by atoms with Crippen molar-refractivity contribution in [3.05, 3.63) is 24.0 Å². The average molecular weight is 195 g/mol. The third-order valence-corrected chi connectivity index (χ3v) is 2.50. The Balaban J connectivity index is 2.07. The lowest BCUT2D eigenvalue weighted by molar-refractivity contribution is 0.209. The predicted molar refractivity (Wildman–Crippen MR) is 53.7 cm³/mol. The topological polar surface area (TPSA) is 35.2 Å². The number of hydrogen-bond acceptors (Lipinski definition) is 2. The lowest BCUT2D eigenvalue weighted by Crippen LogP contribution is -2.11. The Hall–Kier alpha value is -1.25. The highest BCUT2D eigenvalue weighted by atomic mass is 19.1. The molecule has 1 aromatic rings. The summed E-state index contributed by atoms with van der Waals surface area (Å²) < 4.78 is 18.6. The van der Waals surface area contributed by atoms with E-state index < -0.39 is 0 Å². The molecule has 0 saturated heterocycles. The first-order valence-electron chi connectivity index (χ1n) is 4.97. The third kappa shape index (κ3) is 2.16. The van der Waals surface area contributed by atoms with Crippen LogP contribution in [0.2, 0.25) is 0 Å². The number of halogens is 1. The normalized spacial score (nSPS) is 17.2. The van der Waals surface area contributed by atoms with E-state index >= 15 is 0 Å². The molecule has 0 amide bonds. The maximum absolute atomic E-state index is 12.9. The Bertz CT molecular complexity index is 301. The molecule has 1 saturated carbocycles. The van der Waals surface area contributed by atoms with Gasteiger partial charge in [0.2, 0.25) is 0 Å². The van der Waals surface area contributed by atoms with Gasteiger partial charge < -0.3 is 10.5 Å². The van der Waals surface area contributed by atoms with E-state index in [4.69, 9.17) is 10.5 Å². The van der Waals surface area contributed by atoms with Crippen LogP contribution in [0.15, 0.2) is 18.2 Å². The summed E-state index contributed by atoms with van der Waals surface area (Å²) in [6, 6.07) is 4.34. The summed E-state index contributed by atoms with van der Waals surface area (Å²) in [5.74, 6) is 0.215. The van der Waals surface area contributed by atoms with E-state index in [9.17, 15) is 4.39 Å². The number of hydrogen-bond donors (Lipinski definition) is 1. The Morgan fingerprint density at radius 1 is 1.21 bits per heavy atom. The molecule has 0 bridgehead atoms. The molecule has 0 heterocycles. The van der Waals surface area contributed by atoms with Crippen molar-refractivity contribution >= 4 is 5.69 Å². The fourth-order valence-electron chi connectivity index (χ4n) is 1.85. The molecule has 76 valence electrons. The monoisotopic (exact) mass is 195 g/mol. The molecule has 1 aliphatic rings. The maximum atomic E-state index is 12.9. The molecule has 0 aromatic heterocycles. The molecule has 2 nitrogen and oxygen atoms in total. The minimum atomic E-state index is -0.335. The van der Waals surface area contributed by atoms with Gasteiger partial charge in [0.15, 0.2) is 0 Å². The van der Waals surface area contributed by atoms with E-state index in [2.05, 4.69) is 0 Å². The summed E-state index contributed by atoms with van der Waals surface area (Å²) in [6.45, 7) is 0. The number of benzene rings is 1. The van der Waals surface area contributed by atoms with Crippen LogP contribution in [-0.2, 0) is 0 Å². The van der Waals surface area contributed by atoms with Crippen LogP contribution in [0, 0.1) is 5.82 Å². The molecule has 2 rings (SSSR count). The Morgan fingerprint density at radius 3 is 2.57 bits per heavy atom. The van der Waals surface area contributed by atoms with E-state index in [1.54, 1.807) is 6.07 Å². The zero-order valence-corrected chi connectivity index (χ0v) is 8.00. The van der Waals surface area contributed by atoms with E-state index in [1.807, 2.05) is 0 Å². The van der Waals surface area contributed by atoms with Crippen molar-refractivity contribution in [1.29, 1.82) is 0 Å².